The first-order valence-electron chi connectivity index (χ1n) is 12.0. The molecule has 0 N–H and O–H groups in total. The van der Waals surface area contributed by atoms with E-state index < -0.39 is 21.9 Å². The Bertz CT molecular complexity index is 1310. The number of hydrogen-bond acceptors (Lipinski definition) is 5. The van der Waals surface area contributed by atoms with Gasteiger partial charge in [0.05, 0.1) is 17.5 Å². The van der Waals surface area contributed by atoms with Gasteiger partial charge in [0.15, 0.2) is 11.6 Å². The Balaban J connectivity index is 1.58. The SMILES string of the molecule is Cc1ccc(S(=O)(=O)N(CC(=O)N2CCc3sccc3[C@H]2COc2ccccc2F)CC(C)C)cc1. The van der Waals surface area contributed by atoms with E-state index in [1.54, 1.807) is 58.7 Å². The maximum Gasteiger partial charge on any atom is 0.243 e. The lowest BCUT2D eigenvalue weighted by atomic mass is 10.0. The molecule has 4 rings (SSSR count). The summed E-state index contributed by atoms with van der Waals surface area (Å²) in [5.41, 5.74) is 1.92. The zero-order valence-corrected chi connectivity index (χ0v) is 22.3. The van der Waals surface area contributed by atoms with Crippen LogP contribution in [0.25, 0.3) is 0 Å². The number of thiophene rings is 1. The maximum absolute atomic E-state index is 14.2. The quantitative estimate of drug-likeness (QED) is 0.389. The molecule has 1 aliphatic heterocycles. The van der Waals surface area contributed by atoms with Gasteiger partial charge in [-0.25, -0.2) is 12.8 Å². The van der Waals surface area contributed by atoms with E-state index in [1.165, 1.54) is 10.4 Å². The van der Waals surface area contributed by atoms with E-state index in [1.807, 2.05) is 32.2 Å². The second-order valence-electron chi connectivity index (χ2n) is 9.40. The molecule has 0 saturated carbocycles. The number of ether oxygens (including phenoxy) is 1. The van der Waals surface area contributed by atoms with Crippen LogP contribution in [-0.2, 0) is 21.2 Å². The van der Waals surface area contributed by atoms with Crippen molar-refractivity contribution in [2.75, 3.05) is 26.2 Å². The van der Waals surface area contributed by atoms with Crippen LogP contribution >= 0.6 is 11.3 Å². The summed E-state index contributed by atoms with van der Waals surface area (Å²) in [7, 11) is -3.87. The van der Waals surface area contributed by atoms with Gasteiger partial charge in [-0.2, -0.15) is 4.31 Å². The number of amides is 1. The van der Waals surface area contributed by atoms with Gasteiger partial charge in [0.1, 0.15) is 6.61 Å². The number of para-hydroxylation sites is 1. The number of carbonyl (C=O) groups excluding carboxylic acids is 1. The standard InChI is InChI=1S/C27H31FN2O4S2/c1-19(2)16-29(36(32,33)21-10-8-20(3)9-11-21)17-27(31)30-14-12-26-22(13-15-35-26)24(30)18-34-25-7-5-4-6-23(25)28/h4-11,13,15,19,24H,12,14,16-18H2,1-3H3/t24-/m1/s1. The number of fused-ring (bicyclic) bond motifs is 1. The Morgan fingerprint density at radius 1 is 1.17 bits per heavy atom. The second kappa shape index (κ2) is 11.1. The number of aryl methyl sites for hydroxylation is 1. The van der Waals surface area contributed by atoms with Crippen LogP contribution in [0.4, 0.5) is 4.39 Å². The molecule has 0 aliphatic carbocycles. The van der Waals surface area contributed by atoms with Gasteiger partial charge in [0.2, 0.25) is 15.9 Å². The van der Waals surface area contributed by atoms with Crippen LogP contribution in [0.5, 0.6) is 5.75 Å². The van der Waals surface area contributed by atoms with Crippen LogP contribution < -0.4 is 4.74 Å². The fraction of sp³-hybridized carbons (Fsp3) is 0.370. The predicted molar refractivity (Wildman–Crippen MR) is 139 cm³/mol. The van der Waals surface area contributed by atoms with Crippen molar-refractivity contribution in [2.24, 2.45) is 5.92 Å². The van der Waals surface area contributed by atoms with Gasteiger partial charge < -0.3 is 9.64 Å². The smallest absolute Gasteiger partial charge is 0.243 e. The molecule has 1 aromatic heterocycles. The van der Waals surface area contributed by atoms with Crippen molar-refractivity contribution in [2.45, 2.75) is 38.1 Å². The van der Waals surface area contributed by atoms with E-state index in [0.29, 0.717) is 13.0 Å². The zero-order chi connectivity index (χ0) is 25.9. The lowest BCUT2D eigenvalue weighted by Crippen LogP contribution is -2.48. The van der Waals surface area contributed by atoms with Crippen molar-refractivity contribution in [3.63, 3.8) is 0 Å². The van der Waals surface area contributed by atoms with Crippen LogP contribution in [0.1, 0.15) is 35.9 Å². The predicted octanol–water partition coefficient (Wildman–Crippen LogP) is 5.05. The van der Waals surface area contributed by atoms with Crippen LogP contribution in [0.3, 0.4) is 0 Å². The normalized spacial score (nSPS) is 15.8. The van der Waals surface area contributed by atoms with Gasteiger partial charge in [-0.1, -0.05) is 43.7 Å². The van der Waals surface area contributed by atoms with Crippen molar-refractivity contribution in [1.82, 2.24) is 9.21 Å². The third kappa shape index (κ3) is 5.79. The Kier molecular flexibility index (Phi) is 8.12. The molecule has 0 bridgehead atoms. The van der Waals surface area contributed by atoms with Crippen LogP contribution in [0.2, 0.25) is 0 Å². The third-order valence-corrected chi connectivity index (χ3v) is 9.01. The maximum atomic E-state index is 14.2. The molecule has 2 heterocycles. The Morgan fingerprint density at radius 3 is 2.58 bits per heavy atom. The van der Waals surface area contributed by atoms with E-state index in [-0.39, 0.29) is 42.2 Å². The zero-order valence-electron chi connectivity index (χ0n) is 20.7. The van der Waals surface area contributed by atoms with Crippen molar-refractivity contribution in [1.29, 1.82) is 0 Å². The first-order valence-corrected chi connectivity index (χ1v) is 14.3. The van der Waals surface area contributed by atoms with Crippen molar-refractivity contribution in [3.8, 4) is 5.75 Å². The highest BCUT2D eigenvalue weighted by molar-refractivity contribution is 7.89. The number of hydrogen-bond donors (Lipinski definition) is 0. The molecule has 0 spiro atoms. The van der Waals surface area contributed by atoms with E-state index >= 15 is 0 Å². The molecule has 3 aromatic rings. The highest BCUT2D eigenvalue weighted by Gasteiger charge is 2.35. The molecule has 6 nitrogen and oxygen atoms in total. The minimum Gasteiger partial charge on any atom is -0.488 e. The van der Waals surface area contributed by atoms with Gasteiger partial charge >= 0.3 is 0 Å². The summed E-state index contributed by atoms with van der Waals surface area (Å²) in [6.07, 6.45) is 0.684. The second-order valence-corrected chi connectivity index (χ2v) is 12.3. The summed E-state index contributed by atoms with van der Waals surface area (Å²) < 4.78 is 48.2. The Morgan fingerprint density at radius 2 is 1.89 bits per heavy atom. The van der Waals surface area contributed by atoms with E-state index in [9.17, 15) is 17.6 Å². The molecule has 0 fully saturated rings. The molecular formula is C27H31FN2O4S2. The van der Waals surface area contributed by atoms with Gasteiger partial charge in [-0.05, 0) is 60.5 Å². The van der Waals surface area contributed by atoms with Crippen LogP contribution in [0, 0.1) is 18.7 Å². The summed E-state index contributed by atoms with van der Waals surface area (Å²) in [4.78, 5) is 16.6. The summed E-state index contributed by atoms with van der Waals surface area (Å²) in [6, 6.07) is 14.3. The molecular weight excluding hydrogens is 499 g/mol. The summed E-state index contributed by atoms with van der Waals surface area (Å²) in [5.74, 6) is -0.618. The molecule has 0 saturated heterocycles. The largest absolute Gasteiger partial charge is 0.488 e. The van der Waals surface area contributed by atoms with Crippen molar-refractivity contribution >= 4 is 27.3 Å². The molecule has 36 heavy (non-hydrogen) atoms. The van der Waals surface area contributed by atoms with Gasteiger partial charge in [0, 0.05) is 18.0 Å². The number of sulfonamides is 1. The topological polar surface area (TPSA) is 66.9 Å². The number of rotatable bonds is 9. The van der Waals surface area contributed by atoms with Gasteiger partial charge in [0.25, 0.3) is 0 Å². The van der Waals surface area contributed by atoms with Gasteiger partial charge in [-0.15, -0.1) is 11.3 Å². The molecule has 1 atom stereocenters. The summed E-state index contributed by atoms with van der Waals surface area (Å²) in [6.45, 7) is 6.20. The molecule has 1 aliphatic rings. The fourth-order valence-corrected chi connectivity index (χ4v) is 6.84. The van der Waals surface area contributed by atoms with Crippen LogP contribution in [-0.4, -0.2) is 49.8 Å². The van der Waals surface area contributed by atoms with E-state index in [2.05, 4.69) is 0 Å². The number of benzene rings is 2. The highest BCUT2D eigenvalue weighted by atomic mass is 32.2. The fourth-order valence-electron chi connectivity index (χ4n) is 4.36. The molecule has 2 aromatic carbocycles. The minimum atomic E-state index is -3.87. The van der Waals surface area contributed by atoms with Gasteiger partial charge in [-0.3, -0.25) is 4.79 Å². The molecule has 0 unspecified atom stereocenters. The monoisotopic (exact) mass is 530 g/mol. The molecule has 9 heteroatoms. The number of carbonyl (C=O) groups is 1. The first-order chi connectivity index (χ1) is 17.2. The highest BCUT2D eigenvalue weighted by Crippen LogP contribution is 2.34. The lowest BCUT2D eigenvalue weighted by Gasteiger charge is -2.37. The molecule has 0 radical (unpaired) electrons. The average Bonchev–Trinajstić information content (AvgIpc) is 3.32. The van der Waals surface area contributed by atoms with Crippen LogP contribution in [0.15, 0.2) is 64.9 Å². The summed E-state index contributed by atoms with van der Waals surface area (Å²) >= 11 is 1.62. The minimum absolute atomic E-state index is 0.0306. The van der Waals surface area contributed by atoms with E-state index in [0.717, 1.165) is 16.0 Å². The van der Waals surface area contributed by atoms with Crippen molar-refractivity contribution in [3.05, 3.63) is 81.8 Å². The first kappa shape index (κ1) is 26.3. The van der Waals surface area contributed by atoms with Crippen molar-refractivity contribution < 1.29 is 22.3 Å². The summed E-state index contributed by atoms with van der Waals surface area (Å²) in [5, 5.41) is 1.97. The number of halogens is 1. The Hall–Kier alpha value is -2.75. The third-order valence-electron chi connectivity index (χ3n) is 6.19. The molecule has 1 amide bonds. The number of nitrogens with zero attached hydrogens (tertiary/aromatic N) is 2. The molecule has 192 valence electrons. The average molecular weight is 531 g/mol. The lowest BCUT2D eigenvalue weighted by molar-refractivity contribution is -0.135. The van der Waals surface area contributed by atoms with E-state index in [4.69, 9.17) is 4.74 Å². The Labute approximate surface area is 216 Å².